The van der Waals surface area contributed by atoms with Gasteiger partial charge in [0.15, 0.2) is 6.79 Å². The highest BCUT2D eigenvalue weighted by atomic mass is 35.5. The van der Waals surface area contributed by atoms with Crippen LogP contribution in [0.4, 0.5) is 5.69 Å². The first-order valence-electron chi connectivity index (χ1n) is 6.33. The van der Waals surface area contributed by atoms with Crippen molar-refractivity contribution in [2.24, 2.45) is 0 Å². The van der Waals surface area contributed by atoms with Gasteiger partial charge >= 0.3 is 0 Å². The van der Waals surface area contributed by atoms with Gasteiger partial charge in [0.2, 0.25) is 0 Å². The van der Waals surface area contributed by atoms with Gasteiger partial charge < -0.3 is 15.2 Å². The number of benzene rings is 2. The maximum absolute atomic E-state index is 6.18. The SMILES string of the molecule is Nc1ccc(Cl)c(SCc2cc(Cl)cc3c2OCOC3)c1. The van der Waals surface area contributed by atoms with Gasteiger partial charge in [-0.1, -0.05) is 23.2 Å². The summed E-state index contributed by atoms with van der Waals surface area (Å²) in [5, 5.41) is 1.37. The number of anilines is 1. The van der Waals surface area contributed by atoms with Crippen LogP contribution in [0.1, 0.15) is 11.1 Å². The zero-order chi connectivity index (χ0) is 14.8. The van der Waals surface area contributed by atoms with Gasteiger partial charge in [0.1, 0.15) is 5.75 Å². The Kier molecular flexibility index (Phi) is 4.50. The zero-order valence-corrected chi connectivity index (χ0v) is 13.4. The molecule has 1 aliphatic heterocycles. The van der Waals surface area contributed by atoms with Crippen molar-refractivity contribution in [2.75, 3.05) is 12.5 Å². The summed E-state index contributed by atoms with van der Waals surface area (Å²) in [4.78, 5) is 0.942. The molecule has 1 heterocycles. The summed E-state index contributed by atoms with van der Waals surface area (Å²) in [5.41, 5.74) is 8.50. The third-order valence-corrected chi connectivity index (χ3v) is 4.85. The average Bonchev–Trinajstić information content (AvgIpc) is 2.47. The number of thioether (sulfide) groups is 1. The fourth-order valence-electron chi connectivity index (χ4n) is 2.15. The molecule has 0 radical (unpaired) electrons. The lowest BCUT2D eigenvalue weighted by Crippen LogP contribution is -2.12. The van der Waals surface area contributed by atoms with Gasteiger partial charge in [0.05, 0.1) is 11.6 Å². The first-order chi connectivity index (χ1) is 10.1. The number of hydrogen-bond acceptors (Lipinski definition) is 4. The molecule has 2 N–H and O–H groups in total. The molecule has 3 nitrogen and oxygen atoms in total. The highest BCUT2D eigenvalue weighted by Gasteiger charge is 2.17. The second-order valence-electron chi connectivity index (χ2n) is 4.64. The van der Waals surface area contributed by atoms with Crippen LogP contribution in [0.25, 0.3) is 0 Å². The molecule has 0 spiro atoms. The van der Waals surface area contributed by atoms with E-state index in [1.54, 1.807) is 23.9 Å². The Labute approximate surface area is 137 Å². The molecule has 2 aromatic rings. The average molecular weight is 342 g/mol. The standard InChI is InChI=1S/C15H13Cl2NO2S/c16-11-3-9-6-19-8-20-15(9)10(4-11)7-21-14-5-12(18)1-2-13(14)17/h1-5H,6-8,18H2. The molecule has 110 valence electrons. The van der Waals surface area contributed by atoms with Crippen molar-refractivity contribution in [3.05, 3.63) is 51.5 Å². The van der Waals surface area contributed by atoms with E-state index in [0.29, 0.717) is 28.1 Å². The summed E-state index contributed by atoms with van der Waals surface area (Å²) < 4.78 is 10.9. The minimum atomic E-state index is 0.269. The maximum atomic E-state index is 6.18. The van der Waals surface area contributed by atoms with Crippen molar-refractivity contribution in [3.8, 4) is 5.75 Å². The molecule has 21 heavy (non-hydrogen) atoms. The van der Waals surface area contributed by atoms with Crippen LogP contribution in [0.2, 0.25) is 10.0 Å². The number of nitrogens with two attached hydrogens (primary N) is 1. The number of fused-ring (bicyclic) bond motifs is 1. The quantitative estimate of drug-likeness (QED) is 0.647. The number of hydrogen-bond donors (Lipinski definition) is 1. The minimum absolute atomic E-state index is 0.269. The number of halogens is 2. The maximum Gasteiger partial charge on any atom is 0.189 e. The molecule has 0 aliphatic carbocycles. The third-order valence-electron chi connectivity index (χ3n) is 3.09. The van der Waals surface area contributed by atoms with Crippen LogP contribution in [0, 0.1) is 0 Å². The van der Waals surface area contributed by atoms with Gasteiger partial charge in [-0.05, 0) is 30.3 Å². The van der Waals surface area contributed by atoms with Gasteiger partial charge in [-0.15, -0.1) is 11.8 Å². The van der Waals surface area contributed by atoms with E-state index in [1.807, 2.05) is 18.2 Å². The second kappa shape index (κ2) is 6.36. The van der Waals surface area contributed by atoms with Crippen LogP contribution < -0.4 is 10.5 Å². The Morgan fingerprint density at radius 2 is 2.05 bits per heavy atom. The first kappa shape index (κ1) is 14.9. The summed E-state index contributed by atoms with van der Waals surface area (Å²) in [7, 11) is 0. The van der Waals surface area contributed by atoms with Gasteiger partial charge in [-0.25, -0.2) is 0 Å². The molecule has 0 saturated heterocycles. The number of ether oxygens (including phenoxy) is 2. The van der Waals surface area contributed by atoms with Gasteiger partial charge in [0, 0.05) is 32.5 Å². The molecule has 3 rings (SSSR count). The Bertz CT molecular complexity index is 679. The van der Waals surface area contributed by atoms with E-state index in [-0.39, 0.29) is 6.79 Å². The van der Waals surface area contributed by atoms with E-state index in [4.69, 9.17) is 38.4 Å². The third kappa shape index (κ3) is 3.40. The van der Waals surface area contributed by atoms with Crippen molar-refractivity contribution in [1.82, 2.24) is 0 Å². The molecule has 0 unspecified atom stereocenters. The summed E-state index contributed by atoms with van der Waals surface area (Å²) in [6.45, 7) is 0.790. The lowest BCUT2D eigenvalue weighted by molar-refractivity contribution is -0.0168. The summed E-state index contributed by atoms with van der Waals surface area (Å²) >= 11 is 13.9. The highest BCUT2D eigenvalue weighted by molar-refractivity contribution is 7.98. The Hall–Kier alpha value is -1.07. The molecule has 0 aromatic heterocycles. The summed E-state index contributed by atoms with van der Waals surface area (Å²) in [5.74, 6) is 1.56. The highest BCUT2D eigenvalue weighted by Crippen LogP contribution is 2.37. The molecule has 0 amide bonds. The fraction of sp³-hybridized carbons (Fsp3) is 0.200. The van der Waals surface area contributed by atoms with E-state index in [0.717, 1.165) is 21.8 Å². The topological polar surface area (TPSA) is 44.5 Å². The Balaban J connectivity index is 1.85. The lowest BCUT2D eigenvalue weighted by Gasteiger charge is -2.21. The van der Waals surface area contributed by atoms with Gasteiger partial charge in [-0.3, -0.25) is 0 Å². The van der Waals surface area contributed by atoms with E-state index in [9.17, 15) is 0 Å². The molecule has 0 atom stereocenters. The van der Waals surface area contributed by atoms with Crippen LogP contribution in [0.15, 0.2) is 35.2 Å². The van der Waals surface area contributed by atoms with Crippen LogP contribution in [-0.2, 0) is 17.1 Å². The minimum Gasteiger partial charge on any atom is -0.467 e. The van der Waals surface area contributed by atoms with E-state index in [1.165, 1.54) is 0 Å². The molecule has 6 heteroatoms. The molecular weight excluding hydrogens is 329 g/mol. The Morgan fingerprint density at radius 3 is 2.90 bits per heavy atom. The van der Waals surface area contributed by atoms with Crippen molar-refractivity contribution in [1.29, 1.82) is 0 Å². The van der Waals surface area contributed by atoms with Crippen molar-refractivity contribution >= 4 is 40.7 Å². The van der Waals surface area contributed by atoms with Crippen LogP contribution >= 0.6 is 35.0 Å². The van der Waals surface area contributed by atoms with Crippen LogP contribution in [0.3, 0.4) is 0 Å². The predicted molar refractivity (Wildman–Crippen MR) is 87.2 cm³/mol. The largest absolute Gasteiger partial charge is 0.467 e. The molecule has 2 aromatic carbocycles. The van der Waals surface area contributed by atoms with Crippen molar-refractivity contribution < 1.29 is 9.47 Å². The van der Waals surface area contributed by atoms with Gasteiger partial charge in [0.25, 0.3) is 0 Å². The van der Waals surface area contributed by atoms with Crippen LogP contribution in [0.5, 0.6) is 5.75 Å². The molecule has 0 saturated carbocycles. The fourth-order valence-corrected chi connectivity index (χ4v) is 3.65. The molecular formula is C15H13Cl2NO2S. The smallest absolute Gasteiger partial charge is 0.189 e. The van der Waals surface area contributed by atoms with Crippen molar-refractivity contribution in [2.45, 2.75) is 17.3 Å². The second-order valence-corrected chi connectivity index (χ2v) is 6.50. The van der Waals surface area contributed by atoms with E-state index >= 15 is 0 Å². The molecule has 1 aliphatic rings. The van der Waals surface area contributed by atoms with Gasteiger partial charge in [-0.2, -0.15) is 0 Å². The van der Waals surface area contributed by atoms with Crippen LogP contribution in [-0.4, -0.2) is 6.79 Å². The van der Waals surface area contributed by atoms with E-state index in [2.05, 4.69) is 0 Å². The monoisotopic (exact) mass is 341 g/mol. The van der Waals surface area contributed by atoms with E-state index < -0.39 is 0 Å². The number of rotatable bonds is 3. The molecule has 0 fully saturated rings. The molecule has 0 bridgehead atoms. The normalized spacial score (nSPS) is 13.6. The summed E-state index contributed by atoms with van der Waals surface area (Å²) in [6.07, 6.45) is 0. The summed E-state index contributed by atoms with van der Waals surface area (Å²) in [6, 6.07) is 9.25. The predicted octanol–water partition coefficient (Wildman–Crippen LogP) is 4.73. The first-order valence-corrected chi connectivity index (χ1v) is 8.07. The lowest BCUT2D eigenvalue weighted by atomic mass is 10.1. The zero-order valence-electron chi connectivity index (χ0n) is 11.1. The number of nitrogen functional groups attached to an aromatic ring is 1. The van der Waals surface area contributed by atoms with Crippen molar-refractivity contribution in [3.63, 3.8) is 0 Å². The Morgan fingerprint density at radius 1 is 1.19 bits per heavy atom.